The highest BCUT2D eigenvalue weighted by Crippen LogP contribution is 2.05. The third-order valence-corrected chi connectivity index (χ3v) is 2.26. The summed E-state index contributed by atoms with van der Waals surface area (Å²) >= 11 is 0. The number of quaternary nitrogens is 1. The van der Waals surface area contributed by atoms with Crippen molar-refractivity contribution in [1.82, 2.24) is 5.32 Å². The second-order valence-corrected chi connectivity index (χ2v) is 6.18. The molecule has 0 aliphatic carbocycles. The lowest BCUT2D eigenvalue weighted by Crippen LogP contribution is -3.02. The Kier molecular flexibility index (Phi) is 8.04. The summed E-state index contributed by atoms with van der Waals surface area (Å²) in [5, 5.41) is 2.33. The first-order valence-electron chi connectivity index (χ1n) is 5.04. The number of rotatable bonds is 4. The minimum absolute atomic E-state index is 0.506. The van der Waals surface area contributed by atoms with Gasteiger partial charge >= 0.3 is 0 Å². The van der Waals surface area contributed by atoms with Gasteiger partial charge in [0, 0.05) is 5.54 Å². The molecule has 0 saturated heterocycles. The van der Waals surface area contributed by atoms with E-state index >= 15 is 0 Å². The summed E-state index contributed by atoms with van der Waals surface area (Å²) in [7, 11) is 1.92. The van der Waals surface area contributed by atoms with Crippen LogP contribution >= 0.6 is 0 Å². The predicted octanol–water partition coefficient (Wildman–Crippen LogP) is -1.63. The topological polar surface area (TPSA) is 90.7 Å². The highest BCUT2D eigenvalue weighted by molar-refractivity contribution is 7.85. The zero-order chi connectivity index (χ0) is 14.3. The Hall–Kier alpha value is -0.920. The van der Waals surface area contributed by atoms with Crippen LogP contribution in [0.3, 0.4) is 0 Å². The highest BCUT2D eigenvalue weighted by Gasteiger charge is 2.21. The molecule has 0 heterocycles. The minimum Gasteiger partial charge on any atom is -0.748 e. The summed E-state index contributed by atoms with van der Waals surface area (Å²) < 4.78 is 31.2. The van der Waals surface area contributed by atoms with E-state index in [9.17, 15) is 17.8 Å². The number of hydrogen-bond donors (Lipinski definition) is 2. The number of carbonyl (C=O) groups is 1. The van der Waals surface area contributed by atoms with Crippen molar-refractivity contribution >= 4 is 16.0 Å². The van der Waals surface area contributed by atoms with E-state index in [1.807, 2.05) is 0 Å². The first kappa shape index (κ1) is 18.4. The molecule has 0 spiro atoms. The normalized spacial score (nSPS) is 11.5. The quantitative estimate of drug-likeness (QED) is 0.472. The van der Waals surface area contributed by atoms with E-state index in [0.29, 0.717) is 0 Å². The maximum atomic E-state index is 10.8. The van der Waals surface area contributed by atoms with E-state index in [0.717, 1.165) is 6.08 Å². The standard InChI is InChI=1S/C7H13NO4S.C3H9N/c1-4-6(9)8-7(2,3)5-13(10,11)12;1-4(2)3/h4H,1,5H2,2-3H3,(H,8,9)(H,10,11,12);1-3H3. The zero-order valence-corrected chi connectivity index (χ0v) is 11.8. The van der Waals surface area contributed by atoms with Crippen LogP contribution in [0, 0.1) is 0 Å². The van der Waals surface area contributed by atoms with Crippen molar-refractivity contribution in [3.8, 4) is 0 Å². The summed E-state index contributed by atoms with van der Waals surface area (Å²) in [6.45, 7) is 6.10. The van der Waals surface area contributed by atoms with Crippen LogP contribution in [0.2, 0.25) is 0 Å². The van der Waals surface area contributed by atoms with Crippen LogP contribution in [0.4, 0.5) is 0 Å². The first-order chi connectivity index (χ1) is 7.39. The van der Waals surface area contributed by atoms with Gasteiger partial charge in [-0.25, -0.2) is 8.42 Å². The highest BCUT2D eigenvalue weighted by atomic mass is 32.2. The molecule has 0 rings (SSSR count). The molecule has 1 amide bonds. The van der Waals surface area contributed by atoms with Crippen molar-refractivity contribution < 1.29 is 22.7 Å². The molecule has 0 radical (unpaired) electrons. The first-order valence-corrected chi connectivity index (χ1v) is 6.62. The third-order valence-electron chi connectivity index (χ3n) is 1.18. The Balaban J connectivity index is 0. The van der Waals surface area contributed by atoms with Crippen LogP contribution in [0.1, 0.15) is 13.8 Å². The molecule has 0 aliphatic heterocycles. The lowest BCUT2D eigenvalue weighted by Gasteiger charge is -2.26. The zero-order valence-electron chi connectivity index (χ0n) is 11.0. The van der Waals surface area contributed by atoms with Crippen molar-refractivity contribution in [2.24, 2.45) is 0 Å². The summed E-state index contributed by atoms with van der Waals surface area (Å²) in [6, 6.07) is 0. The Morgan fingerprint density at radius 1 is 1.41 bits per heavy atom. The van der Waals surface area contributed by atoms with Gasteiger partial charge in [-0.05, 0) is 19.9 Å². The number of nitrogens with one attached hydrogen (secondary N) is 2. The Bertz CT molecular complexity index is 345. The van der Waals surface area contributed by atoms with Gasteiger partial charge in [0.2, 0.25) is 5.91 Å². The predicted molar refractivity (Wildman–Crippen MR) is 65.7 cm³/mol. The molecular weight excluding hydrogens is 244 g/mol. The summed E-state index contributed by atoms with van der Waals surface area (Å²) in [4.78, 5) is 12.2. The molecule has 0 fully saturated rings. The van der Waals surface area contributed by atoms with Gasteiger partial charge < -0.3 is 14.8 Å². The fourth-order valence-electron chi connectivity index (χ4n) is 0.863. The van der Waals surface area contributed by atoms with Gasteiger partial charge in [-0.1, -0.05) is 6.58 Å². The average molecular weight is 266 g/mol. The van der Waals surface area contributed by atoms with Crippen molar-refractivity contribution in [3.63, 3.8) is 0 Å². The lowest BCUT2D eigenvalue weighted by molar-refractivity contribution is -0.836. The van der Waals surface area contributed by atoms with Crippen LogP contribution in [0.25, 0.3) is 0 Å². The molecule has 102 valence electrons. The molecule has 0 aromatic rings. The molecule has 17 heavy (non-hydrogen) atoms. The van der Waals surface area contributed by atoms with Crippen LogP contribution < -0.4 is 10.2 Å². The summed E-state index contributed by atoms with van der Waals surface area (Å²) in [6.07, 6.45) is 1.01. The van der Waals surface area contributed by atoms with Crippen LogP contribution in [-0.4, -0.2) is 51.3 Å². The van der Waals surface area contributed by atoms with Gasteiger partial charge in [-0.15, -0.1) is 0 Å². The van der Waals surface area contributed by atoms with E-state index in [1.165, 1.54) is 18.7 Å². The van der Waals surface area contributed by atoms with E-state index in [4.69, 9.17) is 0 Å². The molecule has 0 saturated carbocycles. The number of carbonyl (C=O) groups excluding carboxylic acids is 1. The molecule has 0 aromatic heterocycles. The van der Waals surface area contributed by atoms with Gasteiger partial charge in [0.1, 0.15) is 0 Å². The second kappa shape index (κ2) is 7.41. The van der Waals surface area contributed by atoms with Gasteiger partial charge in [0.25, 0.3) is 0 Å². The van der Waals surface area contributed by atoms with Crippen molar-refractivity contribution in [2.75, 3.05) is 26.9 Å². The van der Waals surface area contributed by atoms with Crippen molar-refractivity contribution in [3.05, 3.63) is 12.7 Å². The Labute approximate surface area is 103 Å². The van der Waals surface area contributed by atoms with Gasteiger partial charge in [-0.3, -0.25) is 4.79 Å². The maximum Gasteiger partial charge on any atom is 0.243 e. The number of hydrogen-bond acceptors (Lipinski definition) is 4. The lowest BCUT2D eigenvalue weighted by atomic mass is 10.1. The molecule has 6 nitrogen and oxygen atoms in total. The minimum atomic E-state index is -4.33. The van der Waals surface area contributed by atoms with E-state index < -0.39 is 27.3 Å². The van der Waals surface area contributed by atoms with Gasteiger partial charge in [0.15, 0.2) is 0 Å². The molecule has 2 N–H and O–H groups in total. The smallest absolute Gasteiger partial charge is 0.243 e. The van der Waals surface area contributed by atoms with Gasteiger partial charge in [-0.2, -0.15) is 0 Å². The molecule has 0 atom stereocenters. The maximum absolute atomic E-state index is 10.8. The largest absolute Gasteiger partial charge is 0.748 e. The third kappa shape index (κ3) is 17.7. The molecule has 0 aromatic carbocycles. The van der Waals surface area contributed by atoms with Crippen LogP contribution in [-0.2, 0) is 14.9 Å². The summed E-state index contributed by atoms with van der Waals surface area (Å²) in [5.74, 6) is -1.15. The molecule has 7 heteroatoms. The van der Waals surface area contributed by atoms with Gasteiger partial charge in [0.05, 0.1) is 37.0 Å². The summed E-state index contributed by atoms with van der Waals surface area (Å²) in [5.41, 5.74) is -1.06. The molecule has 0 unspecified atom stereocenters. The van der Waals surface area contributed by atoms with E-state index in [1.54, 1.807) is 0 Å². The average Bonchev–Trinajstić information content (AvgIpc) is 1.96. The Morgan fingerprint density at radius 3 is 2.00 bits per heavy atom. The van der Waals surface area contributed by atoms with Crippen molar-refractivity contribution in [2.45, 2.75) is 19.4 Å². The molecule has 0 bridgehead atoms. The van der Waals surface area contributed by atoms with Crippen LogP contribution in [0.5, 0.6) is 0 Å². The molecule has 0 aliphatic rings. The van der Waals surface area contributed by atoms with Crippen LogP contribution in [0.15, 0.2) is 12.7 Å². The fraction of sp³-hybridized carbons (Fsp3) is 0.700. The van der Waals surface area contributed by atoms with E-state index in [2.05, 4.69) is 33.0 Å². The van der Waals surface area contributed by atoms with E-state index in [-0.39, 0.29) is 0 Å². The Morgan fingerprint density at radius 2 is 1.76 bits per heavy atom. The molecular formula is C10H22N2O4S. The second-order valence-electron chi connectivity index (χ2n) is 4.78. The monoisotopic (exact) mass is 266 g/mol. The SMILES string of the molecule is C=CC(=O)NC(C)(C)CS(=O)(=O)[O-].C[NH+](C)C. The van der Waals surface area contributed by atoms with Crippen molar-refractivity contribution in [1.29, 1.82) is 0 Å². The number of amides is 1. The fourth-order valence-corrected chi connectivity index (χ4v) is 1.82.